The fourth-order valence-electron chi connectivity index (χ4n) is 6.67. The van der Waals surface area contributed by atoms with Crippen LogP contribution in [0.3, 0.4) is 0 Å². The Morgan fingerprint density at radius 1 is 1.22 bits per heavy atom. The van der Waals surface area contributed by atoms with Crippen LogP contribution in [0.4, 0.5) is 0 Å². The largest absolute Gasteiger partial charge is 0.393 e. The SMILES string of the molecule is C=C1/C(=C/C=C2\CCC[C@]3(C)[C@@H]([C@H](C)OCCC(O)(CC)CC)CC[C@@H]23)C[C@@H](O)C[C@@H]1O. The lowest BCUT2D eigenvalue weighted by molar-refractivity contribution is -0.0559. The predicted molar refractivity (Wildman–Crippen MR) is 130 cm³/mol. The summed E-state index contributed by atoms with van der Waals surface area (Å²) < 4.78 is 6.31. The van der Waals surface area contributed by atoms with Gasteiger partial charge in [-0.3, -0.25) is 0 Å². The Labute approximate surface area is 195 Å². The van der Waals surface area contributed by atoms with Crippen LogP contribution in [0.1, 0.15) is 91.9 Å². The van der Waals surface area contributed by atoms with E-state index >= 15 is 0 Å². The molecule has 0 bridgehead atoms. The van der Waals surface area contributed by atoms with E-state index in [1.54, 1.807) is 0 Å². The Morgan fingerprint density at radius 2 is 1.94 bits per heavy atom. The smallest absolute Gasteiger partial charge is 0.0811 e. The van der Waals surface area contributed by atoms with Crippen molar-refractivity contribution in [3.8, 4) is 0 Å². The summed E-state index contributed by atoms with van der Waals surface area (Å²) in [4.78, 5) is 0. The molecule has 3 fully saturated rings. The lowest BCUT2D eigenvalue weighted by Crippen LogP contribution is -2.39. The summed E-state index contributed by atoms with van der Waals surface area (Å²) in [5, 5.41) is 30.8. The van der Waals surface area contributed by atoms with E-state index in [1.165, 1.54) is 31.3 Å². The molecule has 3 rings (SSSR count). The average molecular weight is 447 g/mol. The zero-order chi connectivity index (χ0) is 23.5. The highest BCUT2D eigenvalue weighted by molar-refractivity contribution is 5.38. The molecule has 3 N–H and O–H groups in total. The van der Waals surface area contributed by atoms with Crippen LogP contribution in [-0.4, -0.2) is 45.8 Å². The number of allylic oxidation sites excluding steroid dienone is 3. The maximum atomic E-state index is 10.6. The Balaban J connectivity index is 1.67. The minimum Gasteiger partial charge on any atom is -0.393 e. The minimum absolute atomic E-state index is 0.198. The first-order valence-electron chi connectivity index (χ1n) is 12.9. The molecule has 0 aromatic heterocycles. The van der Waals surface area contributed by atoms with E-state index in [1.807, 2.05) is 13.8 Å². The van der Waals surface area contributed by atoms with Gasteiger partial charge >= 0.3 is 0 Å². The van der Waals surface area contributed by atoms with Crippen LogP contribution in [-0.2, 0) is 4.74 Å². The van der Waals surface area contributed by atoms with Crippen LogP contribution in [0.25, 0.3) is 0 Å². The number of fused-ring (bicyclic) bond motifs is 1. The third-order valence-corrected chi connectivity index (χ3v) is 9.13. The summed E-state index contributed by atoms with van der Waals surface area (Å²) in [6.45, 7) is 13.5. The molecule has 0 unspecified atom stereocenters. The van der Waals surface area contributed by atoms with E-state index in [2.05, 4.69) is 32.6 Å². The Morgan fingerprint density at radius 3 is 2.62 bits per heavy atom. The van der Waals surface area contributed by atoms with Crippen molar-refractivity contribution < 1.29 is 20.1 Å². The number of aliphatic hydroxyl groups is 3. The Kier molecular flexibility index (Phi) is 8.46. The van der Waals surface area contributed by atoms with E-state index in [4.69, 9.17) is 4.74 Å². The molecule has 4 nitrogen and oxygen atoms in total. The second-order valence-electron chi connectivity index (χ2n) is 10.9. The van der Waals surface area contributed by atoms with Gasteiger partial charge in [0.2, 0.25) is 0 Å². The van der Waals surface area contributed by atoms with Gasteiger partial charge in [-0.2, -0.15) is 0 Å². The summed E-state index contributed by atoms with van der Waals surface area (Å²) in [6.07, 6.45) is 12.6. The van der Waals surface area contributed by atoms with Gasteiger partial charge in [0.25, 0.3) is 0 Å². The lowest BCUT2D eigenvalue weighted by Gasteiger charge is -2.44. The highest BCUT2D eigenvalue weighted by Gasteiger charge is 2.51. The maximum Gasteiger partial charge on any atom is 0.0811 e. The van der Waals surface area contributed by atoms with Crippen molar-refractivity contribution in [1.82, 2.24) is 0 Å². The second kappa shape index (κ2) is 10.5. The van der Waals surface area contributed by atoms with E-state index in [9.17, 15) is 15.3 Å². The van der Waals surface area contributed by atoms with Crippen LogP contribution >= 0.6 is 0 Å². The van der Waals surface area contributed by atoms with Gasteiger partial charge in [0.15, 0.2) is 0 Å². The van der Waals surface area contributed by atoms with Crippen molar-refractivity contribution in [2.75, 3.05) is 6.61 Å². The van der Waals surface area contributed by atoms with E-state index in [-0.39, 0.29) is 11.5 Å². The maximum absolute atomic E-state index is 10.6. The summed E-state index contributed by atoms with van der Waals surface area (Å²) in [7, 11) is 0. The third-order valence-electron chi connectivity index (χ3n) is 9.13. The minimum atomic E-state index is -0.632. The first-order chi connectivity index (χ1) is 15.1. The van der Waals surface area contributed by atoms with E-state index < -0.39 is 17.8 Å². The molecule has 0 spiro atoms. The first-order valence-corrected chi connectivity index (χ1v) is 12.9. The Bertz CT molecular complexity index is 719. The molecule has 0 radical (unpaired) electrons. The molecular formula is C28H46O4. The van der Waals surface area contributed by atoms with Crippen molar-refractivity contribution in [2.45, 2.75) is 116 Å². The molecule has 3 aliphatic carbocycles. The van der Waals surface area contributed by atoms with Gasteiger partial charge in [0.05, 0.1) is 23.9 Å². The zero-order valence-corrected chi connectivity index (χ0v) is 20.8. The van der Waals surface area contributed by atoms with Gasteiger partial charge in [-0.05, 0) is 93.1 Å². The van der Waals surface area contributed by atoms with E-state index in [0.717, 1.165) is 30.4 Å². The number of rotatable bonds is 8. The molecule has 32 heavy (non-hydrogen) atoms. The molecule has 3 saturated carbocycles. The molecule has 0 heterocycles. The first kappa shape index (κ1) is 25.7. The fourth-order valence-corrected chi connectivity index (χ4v) is 6.67. The predicted octanol–water partition coefficient (Wildman–Crippen LogP) is 5.47. The van der Waals surface area contributed by atoms with Crippen LogP contribution < -0.4 is 0 Å². The zero-order valence-electron chi connectivity index (χ0n) is 20.8. The van der Waals surface area contributed by atoms with Crippen LogP contribution in [0.5, 0.6) is 0 Å². The molecule has 0 aromatic carbocycles. The van der Waals surface area contributed by atoms with Crippen molar-refractivity contribution in [3.05, 3.63) is 35.5 Å². The van der Waals surface area contributed by atoms with Gasteiger partial charge in [-0.25, -0.2) is 0 Å². The molecule has 6 atom stereocenters. The molecule has 0 aromatic rings. The van der Waals surface area contributed by atoms with Crippen LogP contribution in [0.2, 0.25) is 0 Å². The molecule has 0 aliphatic heterocycles. The molecule has 0 saturated heterocycles. The van der Waals surface area contributed by atoms with E-state index in [0.29, 0.717) is 37.7 Å². The van der Waals surface area contributed by atoms with Gasteiger partial charge < -0.3 is 20.1 Å². The van der Waals surface area contributed by atoms with Gasteiger partial charge in [-0.1, -0.05) is 45.1 Å². The van der Waals surface area contributed by atoms with Crippen molar-refractivity contribution in [1.29, 1.82) is 0 Å². The highest BCUT2D eigenvalue weighted by Crippen LogP contribution is 2.58. The standard InChI is InChI=1S/C28H46O4/c1-6-28(31,7-2)15-16-32-20(4)24-12-13-25-21(9-8-14-27(24,25)5)10-11-22-17-23(29)18-26(30)19(22)3/h10-11,20,23-26,29-31H,3,6-9,12-18H2,1-2,4-5H3/b21-10+,22-11+/t20-,23+,24+,25-,26-,27+/m0/s1. The molecule has 182 valence electrons. The third kappa shape index (κ3) is 5.41. The molecule has 4 heteroatoms. The number of hydrogen-bond acceptors (Lipinski definition) is 4. The normalized spacial score (nSPS) is 37.2. The summed E-state index contributed by atoms with van der Waals surface area (Å²) in [6, 6.07) is 0. The van der Waals surface area contributed by atoms with Crippen molar-refractivity contribution in [2.24, 2.45) is 17.3 Å². The van der Waals surface area contributed by atoms with Gasteiger partial charge in [0.1, 0.15) is 0 Å². The Hall–Kier alpha value is -0.940. The second-order valence-corrected chi connectivity index (χ2v) is 10.9. The lowest BCUT2D eigenvalue weighted by atomic mass is 9.62. The quantitative estimate of drug-likeness (QED) is 0.462. The summed E-state index contributed by atoms with van der Waals surface area (Å²) in [5.74, 6) is 1.10. The number of hydrogen-bond donors (Lipinski definition) is 3. The highest BCUT2D eigenvalue weighted by atomic mass is 16.5. The molecular weight excluding hydrogens is 400 g/mol. The number of ether oxygens (including phenoxy) is 1. The fraction of sp³-hybridized carbons (Fsp3) is 0.786. The monoisotopic (exact) mass is 446 g/mol. The van der Waals surface area contributed by atoms with Gasteiger partial charge in [-0.15, -0.1) is 0 Å². The van der Waals surface area contributed by atoms with Crippen molar-refractivity contribution >= 4 is 0 Å². The molecule has 0 amide bonds. The topological polar surface area (TPSA) is 69.9 Å². The summed E-state index contributed by atoms with van der Waals surface area (Å²) >= 11 is 0. The van der Waals surface area contributed by atoms with Crippen LogP contribution in [0, 0.1) is 17.3 Å². The summed E-state index contributed by atoms with van der Waals surface area (Å²) in [5.41, 5.74) is 2.91. The van der Waals surface area contributed by atoms with Crippen LogP contribution in [0.15, 0.2) is 35.5 Å². The van der Waals surface area contributed by atoms with Crippen molar-refractivity contribution in [3.63, 3.8) is 0 Å². The number of aliphatic hydroxyl groups excluding tert-OH is 2. The van der Waals surface area contributed by atoms with Gasteiger partial charge in [0, 0.05) is 13.0 Å². The average Bonchev–Trinajstić information content (AvgIpc) is 3.12. The molecule has 3 aliphatic rings.